The first-order valence-corrected chi connectivity index (χ1v) is 10.4. The molecule has 1 aliphatic rings. The molecule has 1 amide bonds. The molecular formula is C22H19N3O5S. The van der Waals surface area contributed by atoms with E-state index in [1.165, 1.54) is 17.0 Å². The van der Waals surface area contributed by atoms with Crippen LogP contribution >= 0.6 is 11.3 Å². The van der Waals surface area contributed by atoms with Crippen LogP contribution in [-0.4, -0.2) is 37.8 Å². The molecule has 0 aliphatic carbocycles. The third-order valence-electron chi connectivity index (χ3n) is 4.93. The Hall–Kier alpha value is -3.59. The SMILES string of the molecule is CC(C)CC(=O)C1=C(O)C(=O)N(c2nc3ccc(C(=O)O)cc3s2)C1c1cccnc1. The molecule has 1 unspecified atom stereocenters. The molecule has 1 aliphatic heterocycles. The first kappa shape index (κ1) is 20.7. The van der Waals surface area contributed by atoms with E-state index in [1.54, 1.807) is 30.6 Å². The standard InChI is InChI=1S/C22H19N3O5S/c1-11(2)8-15(26)17-18(13-4-3-7-23-10-13)25(20(28)19(17)27)22-24-14-6-5-12(21(29)30)9-16(14)31-22/h3-7,9-11,18,27H,8H2,1-2H3,(H,29,30). The van der Waals surface area contributed by atoms with Crippen molar-refractivity contribution in [2.24, 2.45) is 5.92 Å². The third-order valence-corrected chi connectivity index (χ3v) is 5.95. The number of hydrogen-bond acceptors (Lipinski definition) is 7. The molecule has 8 nitrogen and oxygen atoms in total. The monoisotopic (exact) mass is 437 g/mol. The summed E-state index contributed by atoms with van der Waals surface area (Å²) in [5.74, 6) is -2.65. The first-order valence-electron chi connectivity index (χ1n) is 9.61. The van der Waals surface area contributed by atoms with Gasteiger partial charge in [-0.1, -0.05) is 31.3 Å². The van der Waals surface area contributed by atoms with Gasteiger partial charge in [0.2, 0.25) is 0 Å². The summed E-state index contributed by atoms with van der Waals surface area (Å²) in [5, 5.41) is 20.1. The van der Waals surface area contributed by atoms with E-state index in [4.69, 9.17) is 0 Å². The largest absolute Gasteiger partial charge is 0.503 e. The van der Waals surface area contributed by atoms with Crippen LogP contribution in [0.15, 0.2) is 54.1 Å². The zero-order valence-electron chi connectivity index (χ0n) is 16.8. The number of aromatic nitrogens is 2. The fraction of sp³-hybridized carbons (Fsp3) is 0.227. The van der Waals surface area contributed by atoms with E-state index >= 15 is 0 Å². The van der Waals surface area contributed by atoms with Gasteiger partial charge in [0.05, 0.1) is 27.4 Å². The second-order valence-electron chi connectivity index (χ2n) is 7.63. The van der Waals surface area contributed by atoms with Crippen molar-refractivity contribution in [2.45, 2.75) is 26.3 Å². The lowest BCUT2D eigenvalue weighted by molar-refractivity contribution is -0.118. The highest BCUT2D eigenvalue weighted by Gasteiger charge is 2.45. The Morgan fingerprint density at radius 2 is 2.03 bits per heavy atom. The molecule has 31 heavy (non-hydrogen) atoms. The lowest BCUT2D eigenvalue weighted by atomic mass is 9.93. The van der Waals surface area contributed by atoms with Crippen LogP contribution in [0.4, 0.5) is 5.13 Å². The van der Waals surface area contributed by atoms with E-state index in [9.17, 15) is 24.6 Å². The number of thiazole rings is 1. The van der Waals surface area contributed by atoms with Crippen molar-refractivity contribution in [2.75, 3.05) is 4.90 Å². The number of rotatable bonds is 6. The average Bonchev–Trinajstić information content (AvgIpc) is 3.26. The number of hydrogen-bond donors (Lipinski definition) is 2. The zero-order valence-corrected chi connectivity index (χ0v) is 17.6. The summed E-state index contributed by atoms with van der Waals surface area (Å²) in [6, 6.07) is 7.04. The van der Waals surface area contributed by atoms with E-state index < -0.39 is 23.7 Å². The average molecular weight is 437 g/mol. The maximum Gasteiger partial charge on any atom is 0.335 e. The predicted octanol–water partition coefficient (Wildman–Crippen LogP) is 3.90. The highest BCUT2D eigenvalue weighted by Crippen LogP contribution is 2.43. The van der Waals surface area contributed by atoms with Crippen molar-refractivity contribution in [3.05, 3.63) is 65.2 Å². The number of nitrogens with zero attached hydrogens (tertiary/aromatic N) is 3. The first-order chi connectivity index (χ1) is 14.8. The van der Waals surface area contributed by atoms with Gasteiger partial charge in [-0.25, -0.2) is 9.78 Å². The van der Waals surface area contributed by atoms with E-state index in [0.717, 1.165) is 11.3 Å². The number of aliphatic hydroxyl groups is 1. The number of aliphatic hydroxyl groups excluding tert-OH is 1. The zero-order chi connectivity index (χ0) is 22.3. The Labute approximate surface area is 181 Å². The molecule has 1 atom stereocenters. The minimum absolute atomic E-state index is 0.0252. The molecule has 2 N–H and O–H groups in total. The van der Waals surface area contributed by atoms with Crippen molar-refractivity contribution < 1.29 is 24.6 Å². The van der Waals surface area contributed by atoms with Gasteiger partial charge < -0.3 is 10.2 Å². The summed E-state index contributed by atoms with van der Waals surface area (Å²) < 4.78 is 0.578. The number of carboxylic acid groups (broad SMARTS) is 1. The summed E-state index contributed by atoms with van der Waals surface area (Å²) in [4.78, 5) is 47.2. The highest BCUT2D eigenvalue weighted by molar-refractivity contribution is 7.22. The van der Waals surface area contributed by atoms with Crippen LogP contribution in [0, 0.1) is 5.92 Å². The molecule has 158 valence electrons. The molecule has 2 aromatic heterocycles. The van der Waals surface area contributed by atoms with E-state index in [-0.39, 0.29) is 34.4 Å². The predicted molar refractivity (Wildman–Crippen MR) is 115 cm³/mol. The molecule has 0 radical (unpaired) electrons. The highest BCUT2D eigenvalue weighted by atomic mass is 32.1. The fourth-order valence-corrected chi connectivity index (χ4v) is 4.60. The molecule has 3 aromatic rings. The lowest BCUT2D eigenvalue weighted by Crippen LogP contribution is -2.31. The molecule has 0 fully saturated rings. The summed E-state index contributed by atoms with van der Waals surface area (Å²) in [7, 11) is 0. The van der Waals surface area contributed by atoms with E-state index in [0.29, 0.717) is 15.8 Å². The Morgan fingerprint density at radius 1 is 1.26 bits per heavy atom. The second-order valence-corrected chi connectivity index (χ2v) is 8.64. The van der Waals surface area contributed by atoms with Gasteiger partial charge >= 0.3 is 5.97 Å². The van der Waals surface area contributed by atoms with E-state index in [2.05, 4.69) is 9.97 Å². The maximum atomic E-state index is 13.1. The van der Waals surface area contributed by atoms with Gasteiger partial charge in [0.15, 0.2) is 16.7 Å². The number of carbonyl (C=O) groups excluding carboxylic acids is 2. The third kappa shape index (κ3) is 3.68. The summed E-state index contributed by atoms with van der Waals surface area (Å²) >= 11 is 1.12. The number of amides is 1. The number of Topliss-reactive ketones (excluding diaryl/α,β-unsaturated/α-hetero) is 1. The number of anilines is 1. The van der Waals surface area contributed by atoms with Gasteiger partial charge in [-0.2, -0.15) is 0 Å². The van der Waals surface area contributed by atoms with Crippen LogP contribution < -0.4 is 4.90 Å². The smallest absolute Gasteiger partial charge is 0.335 e. The molecule has 4 rings (SSSR count). The minimum Gasteiger partial charge on any atom is -0.503 e. The number of aromatic carboxylic acids is 1. The molecule has 0 saturated carbocycles. The second kappa shape index (κ2) is 7.92. The van der Waals surface area contributed by atoms with Crippen molar-refractivity contribution in [3.8, 4) is 0 Å². The Morgan fingerprint density at radius 3 is 2.68 bits per heavy atom. The normalized spacial score (nSPS) is 16.5. The van der Waals surface area contributed by atoms with E-state index in [1.807, 2.05) is 13.8 Å². The van der Waals surface area contributed by atoms with Crippen LogP contribution in [0.2, 0.25) is 0 Å². The molecule has 9 heteroatoms. The molecule has 0 saturated heterocycles. The lowest BCUT2D eigenvalue weighted by Gasteiger charge is -2.24. The molecule has 0 bridgehead atoms. The summed E-state index contributed by atoms with van der Waals surface area (Å²) in [5.41, 5.74) is 1.21. The Balaban J connectivity index is 1.85. The molecule has 3 heterocycles. The van der Waals surface area contributed by atoms with Crippen LogP contribution in [0.1, 0.15) is 42.2 Å². The van der Waals surface area contributed by atoms with Gasteiger partial charge in [-0.05, 0) is 35.7 Å². The number of carbonyl (C=O) groups is 3. The Bertz CT molecular complexity index is 1230. The maximum absolute atomic E-state index is 13.1. The number of fused-ring (bicyclic) bond motifs is 1. The van der Waals surface area contributed by atoms with Crippen LogP contribution in [0.25, 0.3) is 10.2 Å². The van der Waals surface area contributed by atoms with Crippen molar-refractivity contribution in [3.63, 3.8) is 0 Å². The quantitative estimate of drug-likeness (QED) is 0.600. The number of ketones is 1. The molecular weight excluding hydrogens is 418 g/mol. The van der Waals surface area contributed by atoms with Crippen molar-refractivity contribution in [1.29, 1.82) is 0 Å². The number of benzene rings is 1. The van der Waals surface area contributed by atoms with Crippen LogP contribution in [0.5, 0.6) is 0 Å². The van der Waals surface area contributed by atoms with Gasteiger partial charge in [-0.15, -0.1) is 0 Å². The van der Waals surface area contributed by atoms with Gasteiger partial charge in [0.1, 0.15) is 0 Å². The van der Waals surface area contributed by atoms with Crippen LogP contribution in [0.3, 0.4) is 0 Å². The van der Waals surface area contributed by atoms with Crippen molar-refractivity contribution >= 4 is 44.3 Å². The van der Waals surface area contributed by atoms with Crippen LogP contribution in [-0.2, 0) is 9.59 Å². The minimum atomic E-state index is -1.07. The topological polar surface area (TPSA) is 121 Å². The van der Waals surface area contributed by atoms with Crippen molar-refractivity contribution in [1.82, 2.24) is 9.97 Å². The van der Waals surface area contributed by atoms with Gasteiger partial charge in [-0.3, -0.25) is 19.5 Å². The molecule has 0 spiro atoms. The van der Waals surface area contributed by atoms with Gasteiger partial charge in [0, 0.05) is 18.8 Å². The number of carboxylic acids is 1. The molecule has 1 aromatic carbocycles. The van der Waals surface area contributed by atoms with Gasteiger partial charge in [0.25, 0.3) is 5.91 Å². The summed E-state index contributed by atoms with van der Waals surface area (Å²) in [6.45, 7) is 3.77. The number of pyridine rings is 1. The Kier molecular flexibility index (Phi) is 5.28. The summed E-state index contributed by atoms with van der Waals surface area (Å²) in [6.07, 6.45) is 3.30. The fourth-order valence-electron chi connectivity index (χ4n) is 3.57.